The highest BCUT2D eigenvalue weighted by molar-refractivity contribution is 6.03. The van der Waals surface area contributed by atoms with Crippen LogP contribution in [-0.4, -0.2) is 86.6 Å². The maximum absolute atomic E-state index is 13.7. The maximum Gasteiger partial charge on any atom is 0.246 e. The van der Waals surface area contributed by atoms with Crippen molar-refractivity contribution < 1.29 is 37.7 Å². The number of aliphatic hydroxyl groups is 1. The number of rotatable bonds is 15. The lowest BCUT2D eigenvalue weighted by Gasteiger charge is -2.48. The first-order valence-corrected chi connectivity index (χ1v) is 16.7. The van der Waals surface area contributed by atoms with Crippen molar-refractivity contribution in [1.29, 1.82) is 0 Å². The SMILES string of the molecule is O=C(COC1(CCc2ccc([C@@H]3[C@@H](CC[C@H](O)c4ccc(F)cc4)C(=O)N3c3ccc(F)cc3)cc2)COC1)NCCN1CCOCC1. The van der Waals surface area contributed by atoms with E-state index in [0.29, 0.717) is 50.3 Å². The highest BCUT2D eigenvalue weighted by Gasteiger charge is 2.48. The molecule has 3 aromatic rings. The van der Waals surface area contributed by atoms with Gasteiger partial charge in [-0.25, -0.2) is 8.78 Å². The minimum atomic E-state index is -0.826. The number of morpholine rings is 1. The van der Waals surface area contributed by atoms with Crippen molar-refractivity contribution in [2.75, 3.05) is 64.1 Å². The van der Waals surface area contributed by atoms with Gasteiger partial charge in [-0.2, -0.15) is 0 Å². The number of β-lactam (4-membered cyclic amide) rings is 1. The van der Waals surface area contributed by atoms with Gasteiger partial charge in [-0.15, -0.1) is 0 Å². The van der Waals surface area contributed by atoms with E-state index in [-0.39, 0.29) is 42.0 Å². The second kappa shape index (κ2) is 15.7. The summed E-state index contributed by atoms with van der Waals surface area (Å²) in [4.78, 5) is 29.8. The van der Waals surface area contributed by atoms with E-state index >= 15 is 0 Å². The van der Waals surface area contributed by atoms with E-state index in [1.807, 2.05) is 24.3 Å². The molecule has 0 saturated carbocycles. The van der Waals surface area contributed by atoms with Gasteiger partial charge in [-0.3, -0.25) is 14.5 Å². The molecule has 2 amide bonds. The Morgan fingerprint density at radius 2 is 1.62 bits per heavy atom. The summed E-state index contributed by atoms with van der Waals surface area (Å²) < 4.78 is 44.0. The first-order chi connectivity index (χ1) is 23.3. The summed E-state index contributed by atoms with van der Waals surface area (Å²) in [5.41, 5.74) is 2.74. The number of halogens is 2. The van der Waals surface area contributed by atoms with Crippen LogP contribution in [-0.2, 0) is 30.2 Å². The third-order valence-corrected chi connectivity index (χ3v) is 9.61. The molecule has 11 heteroatoms. The van der Waals surface area contributed by atoms with Gasteiger partial charge < -0.3 is 29.5 Å². The van der Waals surface area contributed by atoms with Crippen LogP contribution in [0.15, 0.2) is 72.8 Å². The van der Waals surface area contributed by atoms with Crippen LogP contribution in [0, 0.1) is 17.6 Å². The molecule has 9 nitrogen and oxygen atoms in total. The molecular formula is C37H43F2N3O6. The molecule has 6 rings (SSSR count). The number of amides is 2. The number of carbonyl (C=O) groups excluding carboxylic acids is 2. The highest BCUT2D eigenvalue weighted by Crippen LogP contribution is 2.46. The number of nitrogens with zero attached hydrogens (tertiary/aromatic N) is 2. The van der Waals surface area contributed by atoms with Gasteiger partial charge in [0.25, 0.3) is 0 Å². The Morgan fingerprint density at radius 1 is 0.958 bits per heavy atom. The van der Waals surface area contributed by atoms with Gasteiger partial charge in [0.1, 0.15) is 23.8 Å². The van der Waals surface area contributed by atoms with Crippen LogP contribution in [0.2, 0.25) is 0 Å². The molecular weight excluding hydrogens is 620 g/mol. The lowest BCUT2D eigenvalue weighted by atomic mass is 9.78. The number of ether oxygens (including phenoxy) is 3. The summed E-state index contributed by atoms with van der Waals surface area (Å²) in [5, 5.41) is 13.7. The lowest BCUT2D eigenvalue weighted by Crippen LogP contribution is -2.55. The van der Waals surface area contributed by atoms with Crippen molar-refractivity contribution in [1.82, 2.24) is 10.2 Å². The predicted octanol–water partition coefficient (Wildman–Crippen LogP) is 4.35. The van der Waals surface area contributed by atoms with Gasteiger partial charge in [0.15, 0.2) is 0 Å². The molecule has 48 heavy (non-hydrogen) atoms. The summed E-state index contributed by atoms with van der Waals surface area (Å²) in [6, 6.07) is 19.4. The summed E-state index contributed by atoms with van der Waals surface area (Å²) in [5.74, 6) is -1.36. The average molecular weight is 664 g/mol. The normalized spacial score (nSPS) is 21.3. The van der Waals surface area contributed by atoms with E-state index in [4.69, 9.17) is 14.2 Å². The monoisotopic (exact) mass is 663 g/mol. The Kier molecular flexibility index (Phi) is 11.1. The molecule has 0 radical (unpaired) electrons. The summed E-state index contributed by atoms with van der Waals surface area (Å²) in [6.07, 6.45) is 1.36. The van der Waals surface area contributed by atoms with Crippen LogP contribution in [0.4, 0.5) is 14.5 Å². The summed E-state index contributed by atoms with van der Waals surface area (Å²) in [6.45, 7) is 5.42. The number of nitrogens with one attached hydrogen (secondary N) is 1. The molecule has 2 N–H and O–H groups in total. The third kappa shape index (κ3) is 8.27. The fourth-order valence-corrected chi connectivity index (χ4v) is 6.62. The number of hydrogen-bond donors (Lipinski definition) is 2. The van der Waals surface area contributed by atoms with Gasteiger partial charge in [0.2, 0.25) is 11.8 Å². The standard InChI is InChI=1S/C37H43F2N3O6/c38-29-7-5-27(6-8-29)33(43)14-13-32-35(42(36(32)45)31-11-9-30(39)10-12-31)28-3-1-26(2-4-28)15-16-37(24-47-25-37)48-23-34(44)40-17-18-41-19-21-46-22-20-41/h1-12,32-33,35,43H,13-25H2,(H,40,44)/t32-,33+,35-/m1/s1. The van der Waals surface area contributed by atoms with E-state index < -0.39 is 11.7 Å². The Balaban J connectivity index is 1.04. The fourth-order valence-electron chi connectivity index (χ4n) is 6.62. The van der Waals surface area contributed by atoms with Gasteiger partial charge in [-0.05, 0) is 78.8 Å². The number of aliphatic hydroxyl groups excluding tert-OH is 1. The molecule has 3 fully saturated rings. The molecule has 256 valence electrons. The van der Waals surface area contributed by atoms with Crippen LogP contribution in [0.25, 0.3) is 0 Å². The molecule has 0 aromatic heterocycles. The van der Waals surface area contributed by atoms with Gasteiger partial charge >= 0.3 is 0 Å². The fraction of sp³-hybridized carbons (Fsp3) is 0.459. The van der Waals surface area contributed by atoms with Crippen molar-refractivity contribution in [3.05, 3.63) is 101 Å². The Bertz CT molecular complexity index is 1510. The van der Waals surface area contributed by atoms with Gasteiger partial charge in [-0.1, -0.05) is 36.4 Å². The molecule has 0 unspecified atom stereocenters. The molecule has 3 atom stereocenters. The molecule has 0 bridgehead atoms. The van der Waals surface area contributed by atoms with Crippen molar-refractivity contribution in [3.63, 3.8) is 0 Å². The number of hydrogen-bond acceptors (Lipinski definition) is 7. The van der Waals surface area contributed by atoms with E-state index in [1.54, 1.807) is 29.2 Å². The van der Waals surface area contributed by atoms with E-state index in [0.717, 1.165) is 50.4 Å². The molecule has 3 heterocycles. The molecule has 3 aromatic carbocycles. The minimum absolute atomic E-state index is 0.0163. The molecule has 3 aliphatic rings. The summed E-state index contributed by atoms with van der Waals surface area (Å²) in [7, 11) is 0. The van der Waals surface area contributed by atoms with Gasteiger partial charge in [0, 0.05) is 31.9 Å². The van der Waals surface area contributed by atoms with Crippen molar-refractivity contribution in [2.45, 2.75) is 43.4 Å². The van der Waals surface area contributed by atoms with Crippen LogP contribution in [0.1, 0.15) is 48.1 Å². The van der Waals surface area contributed by atoms with Gasteiger partial charge in [0.05, 0.1) is 44.5 Å². The molecule has 3 aliphatic heterocycles. The average Bonchev–Trinajstić information content (AvgIpc) is 3.08. The predicted molar refractivity (Wildman–Crippen MR) is 175 cm³/mol. The Morgan fingerprint density at radius 3 is 2.27 bits per heavy atom. The van der Waals surface area contributed by atoms with Crippen LogP contribution in [0.5, 0.6) is 0 Å². The highest BCUT2D eigenvalue weighted by atomic mass is 19.1. The molecule has 0 spiro atoms. The first kappa shape index (κ1) is 34.1. The van der Waals surface area contributed by atoms with Crippen LogP contribution < -0.4 is 10.2 Å². The maximum atomic E-state index is 13.7. The molecule has 0 aliphatic carbocycles. The second-order valence-corrected chi connectivity index (χ2v) is 12.9. The Labute approximate surface area is 279 Å². The quantitative estimate of drug-likeness (QED) is 0.234. The zero-order chi connectivity index (χ0) is 33.5. The van der Waals surface area contributed by atoms with Crippen molar-refractivity contribution >= 4 is 17.5 Å². The zero-order valence-electron chi connectivity index (χ0n) is 27.0. The lowest BCUT2D eigenvalue weighted by molar-refractivity contribution is -0.212. The first-order valence-electron chi connectivity index (χ1n) is 16.7. The number of aryl methyl sites for hydroxylation is 1. The topological polar surface area (TPSA) is 101 Å². The smallest absolute Gasteiger partial charge is 0.246 e. The van der Waals surface area contributed by atoms with Crippen LogP contribution in [0.3, 0.4) is 0 Å². The third-order valence-electron chi connectivity index (χ3n) is 9.61. The van der Waals surface area contributed by atoms with Crippen LogP contribution >= 0.6 is 0 Å². The summed E-state index contributed by atoms with van der Waals surface area (Å²) >= 11 is 0. The van der Waals surface area contributed by atoms with Crippen molar-refractivity contribution in [3.8, 4) is 0 Å². The minimum Gasteiger partial charge on any atom is -0.388 e. The van der Waals surface area contributed by atoms with Crippen molar-refractivity contribution in [2.24, 2.45) is 5.92 Å². The van der Waals surface area contributed by atoms with E-state index in [9.17, 15) is 23.5 Å². The number of anilines is 1. The molecule has 3 saturated heterocycles. The van der Waals surface area contributed by atoms with E-state index in [1.165, 1.54) is 24.3 Å². The number of benzene rings is 3. The number of carbonyl (C=O) groups is 2. The van der Waals surface area contributed by atoms with E-state index in [2.05, 4.69) is 10.2 Å². The second-order valence-electron chi connectivity index (χ2n) is 12.9. The largest absolute Gasteiger partial charge is 0.388 e. The zero-order valence-corrected chi connectivity index (χ0v) is 27.0. The Hall–Kier alpha value is -3.74.